The number of para-hydroxylation sites is 1. The topological polar surface area (TPSA) is 42.4 Å². The zero-order valence-corrected chi connectivity index (χ0v) is 10.6. The van der Waals surface area contributed by atoms with Gasteiger partial charge in [-0.05, 0) is 30.3 Å². The molecule has 0 radical (unpaired) electrons. The molecular formula is C16H12FNO2. The van der Waals surface area contributed by atoms with Gasteiger partial charge in [0.1, 0.15) is 5.75 Å². The second-order valence-corrected chi connectivity index (χ2v) is 4.31. The molecule has 0 aliphatic carbocycles. The predicted octanol–water partition coefficient (Wildman–Crippen LogP) is 3.66. The van der Waals surface area contributed by atoms with E-state index in [0.29, 0.717) is 11.3 Å². The van der Waals surface area contributed by atoms with Gasteiger partial charge in [0.15, 0.2) is 11.6 Å². The van der Waals surface area contributed by atoms with Crippen LogP contribution in [0.15, 0.2) is 54.7 Å². The van der Waals surface area contributed by atoms with Crippen LogP contribution in [0.3, 0.4) is 0 Å². The summed E-state index contributed by atoms with van der Waals surface area (Å²) in [5, 5.41) is 10.1. The number of pyridine rings is 1. The smallest absolute Gasteiger partial charge is 0.168 e. The molecule has 1 heterocycles. The molecule has 0 saturated carbocycles. The number of hydrogen-bond donors (Lipinski definition) is 1. The van der Waals surface area contributed by atoms with E-state index < -0.39 is 5.82 Å². The van der Waals surface area contributed by atoms with Crippen molar-refractivity contribution in [1.82, 2.24) is 4.98 Å². The van der Waals surface area contributed by atoms with Gasteiger partial charge in [-0.25, -0.2) is 4.39 Å². The van der Waals surface area contributed by atoms with Crippen LogP contribution in [-0.4, -0.2) is 10.1 Å². The van der Waals surface area contributed by atoms with E-state index in [2.05, 4.69) is 4.98 Å². The standard InChI is InChI=1S/C16H12FNO2/c17-13-6-1-4-11(10-19)16(13)20-15-8-2-7-14-12(15)5-3-9-18-14/h1-9,19H,10H2. The molecule has 3 nitrogen and oxygen atoms in total. The number of aromatic nitrogens is 1. The molecule has 1 aromatic heterocycles. The Kier molecular flexibility index (Phi) is 3.31. The van der Waals surface area contributed by atoms with Crippen molar-refractivity contribution in [2.45, 2.75) is 6.61 Å². The normalized spacial score (nSPS) is 10.7. The molecule has 0 amide bonds. The zero-order valence-electron chi connectivity index (χ0n) is 10.6. The number of aliphatic hydroxyl groups excluding tert-OH is 1. The highest BCUT2D eigenvalue weighted by molar-refractivity contribution is 5.85. The van der Waals surface area contributed by atoms with Crippen molar-refractivity contribution >= 4 is 10.9 Å². The molecule has 0 saturated heterocycles. The molecule has 1 N–H and O–H groups in total. The van der Waals surface area contributed by atoms with Crippen LogP contribution < -0.4 is 4.74 Å². The van der Waals surface area contributed by atoms with E-state index in [9.17, 15) is 9.50 Å². The van der Waals surface area contributed by atoms with Crippen LogP contribution in [0.25, 0.3) is 10.9 Å². The van der Waals surface area contributed by atoms with Crippen LogP contribution in [0.2, 0.25) is 0 Å². The largest absolute Gasteiger partial charge is 0.453 e. The quantitative estimate of drug-likeness (QED) is 0.789. The molecule has 100 valence electrons. The highest BCUT2D eigenvalue weighted by Gasteiger charge is 2.12. The maximum atomic E-state index is 13.9. The summed E-state index contributed by atoms with van der Waals surface area (Å²) in [6, 6.07) is 13.5. The molecule has 2 aromatic carbocycles. The van der Waals surface area contributed by atoms with Crippen molar-refractivity contribution in [3.05, 3.63) is 66.1 Å². The maximum Gasteiger partial charge on any atom is 0.168 e. The Balaban J connectivity index is 2.10. The Morgan fingerprint density at radius 3 is 2.75 bits per heavy atom. The lowest BCUT2D eigenvalue weighted by atomic mass is 10.2. The van der Waals surface area contributed by atoms with Gasteiger partial charge in [0.2, 0.25) is 0 Å². The van der Waals surface area contributed by atoms with E-state index in [-0.39, 0.29) is 12.4 Å². The molecular weight excluding hydrogens is 257 g/mol. The number of benzene rings is 2. The fourth-order valence-corrected chi connectivity index (χ4v) is 2.07. The first-order valence-electron chi connectivity index (χ1n) is 6.19. The van der Waals surface area contributed by atoms with Crippen molar-refractivity contribution in [2.24, 2.45) is 0 Å². The average Bonchev–Trinajstić information content (AvgIpc) is 2.49. The van der Waals surface area contributed by atoms with Crippen molar-refractivity contribution in [1.29, 1.82) is 0 Å². The Hall–Kier alpha value is -2.46. The molecule has 0 aliphatic rings. The number of ether oxygens (including phenoxy) is 1. The molecule has 3 aromatic rings. The number of halogens is 1. The Morgan fingerprint density at radius 1 is 1.05 bits per heavy atom. The number of rotatable bonds is 3. The Bertz CT molecular complexity index is 753. The molecule has 0 aliphatic heterocycles. The second-order valence-electron chi connectivity index (χ2n) is 4.31. The zero-order chi connectivity index (χ0) is 13.9. The van der Waals surface area contributed by atoms with Crippen molar-refractivity contribution < 1.29 is 14.2 Å². The number of nitrogens with zero attached hydrogens (tertiary/aromatic N) is 1. The third-order valence-electron chi connectivity index (χ3n) is 3.04. The number of aliphatic hydroxyl groups is 1. The first kappa shape index (κ1) is 12.6. The molecule has 0 fully saturated rings. The first-order chi connectivity index (χ1) is 9.79. The highest BCUT2D eigenvalue weighted by atomic mass is 19.1. The molecule has 4 heteroatoms. The third kappa shape index (κ3) is 2.21. The number of hydrogen-bond acceptors (Lipinski definition) is 3. The molecule has 3 rings (SSSR count). The van der Waals surface area contributed by atoms with E-state index in [1.54, 1.807) is 36.5 Å². The van der Waals surface area contributed by atoms with Crippen LogP contribution in [0, 0.1) is 5.82 Å². The van der Waals surface area contributed by atoms with Gasteiger partial charge in [-0.1, -0.05) is 18.2 Å². The van der Waals surface area contributed by atoms with Crippen molar-refractivity contribution in [3.63, 3.8) is 0 Å². The Labute approximate surface area is 115 Å². The van der Waals surface area contributed by atoms with Gasteiger partial charge >= 0.3 is 0 Å². The minimum atomic E-state index is -0.502. The number of fused-ring (bicyclic) bond motifs is 1. The van der Waals surface area contributed by atoms with Crippen LogP contribution in [-0.2, 0) is 6.61 Å². The fraction of sp³-hybridized carbons (Fsp3) is 0.0625. The minimum Gasteiger partial charge on any atom is -0.453 e. The molecule has 20 heavy (non-hydrogen) atoms. The van der Waals surface area contributed by atoms with Gasteiger partial charge in [0, 0.05) is 17.1 Å². The minimum absolute atomic E-state index is 0.0475. The SMILES string of the molecule is OCc1cccc(F)c1Oc1cccc2ncccc12. The van der Waals surface area contributed by atoms with Crippen LogP contribution in [0.5, 0.6) is 11.5 Å². The van der Waals surface area contributed by atoms with Gasteiger partial charge in [-0.2, -0.15) is 0 Å². The second kappa shape index (κ2) is 5.27. The Morgan fingerprint density at radius 2 is 1.90 bits per heavy atom. The van der Waals surface area contributed by atoms with Gasteiger partial charge < -0.3 is 9.84 Å². The summed E-state index contributed by atoms with van der Waals surface area (Å²) < 4.78 is 19.5. The van der Waals surface area contributed by atoms with Crippen LogP contribution >= 0.6 is 0 Å². The average molecular weight is 269 g/mol. The van der Waals surface area contributed by atoms with Crippen LogP contribution in [0.4, 0.5) is 4.39 Å². The first-order valence-corrected chi connectivity index (χ1v) is 6.19. The third-order valence-corrected chi connectivity index (χ3v) is 3.04. The van der Waals surface area contributed by atoms with E-state index in [1.807, 2.05) is 12.1 Å². The van der Waals surface area contributed by atoms with E-state index >= 15 is 0 Å². The van der Waals surface area contributed by atoms with Crippen LogP contribution in [0.1, 0.15) is 5.56 Å². The summed E-state index contributed by atoms with van der Waals surface area (Å²) in [5.74, 6) is 0.0548. The monoisotopic (exact) mass is 269 g/mol. The van der Waals surface area contributed by atoms with Gasteiger partial charge in [-0.3, -0.25) is 4.98 Å². The van der Waals surface area contributed by atoms with Crippen molar-refractivity contribution in [2.75, 3.05) is 0 Å². The van der Waals surface area contributed by atoms with Gasteiger partial charge in [-0.15, -0.1) is 0 Å². The van der Waals surface area contributed by atoms with Gasteiger partial charge in [0.05, 0.1) is 12.1 Å². The summed E-state index contributed by atoms with van der Waals surface area (Å²) in [4.78, 5) is 4.23. The predicted molar refractivity (Wildman–Crippen MR) is 74.1 cm³/mol. The molecule has 0 spiro atoms. The summed E-state index contributed by atoms with van der Waals surface area (Å²) in [6.45, 7) is -0.282. The van der Waals surface area contributed by atoms with Crippen molar-refractivity contribution in [3.8, 4) is 11.5 Å². The molecule has 0 bridgehead atoms. The molecule has 0 atom stereocenters. The lowest BCUT2D eigenvalue weighted by molar-refractivity contribution is 0.274. The maximum absolute atomic E-state index is 13.9. The summed E-state index contributed by atoms with van der Waals surface area (Å²) in [5.41, 5.74) is 1.18. The fourth-order valence-electron chi connectivity index (χ4n) is 2.07. The summed E-state index contributed by atoms with van der Waals surface area (Å²) in [7, 11) is 0. The lowest BCUT2D eigenvalue weighted by Crippen LogP contribution is -1.95. The van der Waals surface area contributed by atoms with E-state index in [0.717, 1.165) is 10.9 Å². The lowest BCUT2D eigenvalue weighted by Gasteiger charge is -2.12. The van der Waals surface area contributed by atoms with E-state index in [4.69, 9.17) is 4.74 Å². The highest BCUT2D eigenvalue weighted by Crippen LogP contribution is 2.32. The summed E-state index contributed by atoms with van der Waals surface area (Å²) >= 11 is 0. The van der Waals surface area contributed by atoms with E-state index in [1.165, 1.54) is 6.07 Å². The summed E-state index contributed by atoms with van der Waals surface area (Å²) in [6.07, 6.45) is 1.69. The molecule has 0 unspecified atom stereocenters. The van der Waals surface area contributed by atoms with Gasteiger partial charge in [0.25, 0.3) is 0 Å².